The Balaban J connectivity index is 1.67. The molecule has 2 aromatic rings. The second-order valence-corrected chi connectivity index (χ2v) is 8.83. The van der Waals surface area contributed by atoms with Crippen LogP contribution in [0.5, 0.6) is 0 Å². The number of benzene rings is 2. The zero-order chi connectivity index (χ0) is 19.4. The number of amides is 1. The molecule has 0 saturated carbocycles. The number of carbonyl (C=O) groups excluding carboxylic acids is 1. The van der Waals surface area contributed by atoms with Gasteiger partial charge in [-0.15, -0.1) is 0 Å². The third-order valence-corrected chi connectivity index (χ3v) is 6.71. The molecular weight excluding hydrogens is 367 g/mol. The molecule has 1 heterocycles. The van der Waals surface area contributed by atoms with Gasteiger partial charge in [-0.05, 0) is 49.1 Å². The molecule has 0 N–H and O–H groups in total. The Kier molecular flexibility index (Phi) is 5.92. The Morgan fingerprint density at radius 2 is 1.81 bits per heavy atom. The van der Waals surface area contributed by atoms with Crippen LogP contribution in [0.25, 0.3) is 0 Å². The van der Waals surface area contributed by atoms with Crippen LogP contribution in [-0.2, 0) is 21.2 Å². The average Bonchev–Trinajstić information content (AvgIpc) is 3.11. The van der Waals surface area contributed by atoms with Gasteiger partial charge < -0.3 is 4.90 Å². The van der Waals surface area contributed by atoms with E-state index in [1.807, 2.05) is 30.3 Å². The molecule has 1 unspecified atom stereocenters. The highest BCUT2D eigenvalue weighted by molar-refractivity contribution is 7.89. The SMILES string of the molecule is CN(CC(=O)N1CCCC1Cc1ccccc1)S(=O)(=O)c1ccc(F)cc1. The van der Waals surface area contributed by atoms with Gasteiger partial charge in [0, 0.05) is 19.6 Å². The minimum Gasteiger partial charge on any atom is -0.338 e. The maximum Gasteiger partial charge on any atom is 0.243 e. The van der Waals surface area contributed by atoms with Crippen LogP contribution in [0.2, 0.25) is 0 Å². The minimum absolute atomic E-state index is 0.0264. The molecule has 2 aromatic carbocycles. The third-order valence-electron chi connectivity index (χ3n) is 4.89. The van der Waals surface area contributed by atoms with Gasteiger partial charge in [0.2, 0.25) is 15.9 Å². The second-order valence-electron chi connectivity index (χ2n) is 6.79. The summed E-state index contributed by atoms with van der Waals surface area (Å²) in [6.45, 7) is 0.409. The van der Waals surface area contributed by atoms with E-state index in [4.69, 9.17) is 0 Å². The van der Waals surface area contributed by atoms with E-state index in [0.29, 0.717) is 6.54 Å². The topological polar surface area (TPSA) is 57.7 Å². The number of likely N-dealkylation sites (tertiary alicyclic amines) is 1. The highest BCUT2D eigenvalue weighted by Gasteiger charge is 2.31. The summed E-state index contributed by atoms with van der Waals surface area (Å²) < 4.78 is 39.3. The molecule has 144 valence electrons. The van der Waals surface area contributed by atoms with Crippen molar-refractivity contribution in [2.45, 2.75) is 30.2 Å². The number of nitrogens with zero attached hydrogens (tertiary/aromatic N) is 2. The number of sulfonamides is 1. The first-order chi connectivity index (χ1) is 12.9. The molecule has 1 fully saturated rings. The monoisotopic (exact) mass is 390 g/mol. The van der Waals surface area contributed by atoms with Crippen LogP contribution in [-0.4, -0.2) is 49.7 Å². The number of likely N-dealkylation sites (N-methyl/N-ethyl adjacent to an activating group) is 1. The van der Waals surface area contributed by atoms with Gasteiger partial charge in [-0.2, -0.15) is 4.31 Å². The van der Waals surface area contributed by atoms with Crippen molar-refractivity contribution in [3.05, 3.63) is 66.0 Å². The van der Waals surface area contributed by atoms with Crippen molar-refractivity contribution in [3.8, 4) is 0 Å². The highest BCUT2D eigenvalue weighted by atomic mass is 32.2. The Hall–Kier alpha value is -2.25. The summed E-state index contributed by atoms with van der Waals surface area (Å²) in [5, 5.41) is 0. The predicted molar refractivity (Wildman–Crippen MR) is 101 cm³/mol. The fraction of sp³-hybridized carbons (Fsp3) is 0.350. The fourth-order valence-corrected chi connectivity index (χ4v) is 4.54. The zero-order valence-corrected chi connectivity index (χ0v) is 16.0. The number of halogens is 1. The van der Waals surface area contributed by atoms with Crippen molar-refractivity contribution in [1.29, 1.82) is 0 Å². The van der Waals surface area contributed by atoms with E-state index in [0.717, 1.165) is 41.3 Å². The minimum atomic E-state index is -3.84. The van der Waals surface area contributed by atoms with Gasteiger partial charge in [-0.3, -0.25) is 4.79 Å². The summed E-state index contributed by atoms with van der Waals surface area (Å²) in [6, 6.07) is 14.7. The molecule has 0 bridgehead atoms. The smallest absolute Gasteiger partial charge is 0.243 e. The van der Waals surface area contributed by atoms with Gasteiger partial charge in [-0.1, -0.05) is 30.3 Å². The molecular formula is C20H23FN2O3S. The lowest BCUT2D eigenvalue weighted by molar-refractivity contribution is -0.132. The number of rotatable bonds is 6. The van der Waals surface area contributed by atoms with Crippen LogP contribution in [0.4, 0.5) is 4.39 Å². The molecule has 3 rings (SSSR count). The van der Waals surface area contributed by atoms with E-state index in [1.54, 1.807) is 4.90 Å². The van der Waals surface area contributed by atoms with E-state index in [9.17, 15) is 17.6 Å². The number of hydrogen-bond donors (Lipinski definition) is 0. The summed E-state index contributed by atoms with van der Waals surface area (Å²) in [4.78, 5) is 14.5. The molecule has 7 heteroatoms. The lowest BCUT2D eigenvalue weighted by Gasteiger charge is -2.27. The van der Waals surface area contributed by atoms with Gasteiger partial charge >= 0.3 is 0 Å². The zero-order valence-electron chi connectivity index (χ0n) is 15.2. The Labute approximate surface area is 159 Å². The van der Waals surface area contributed by atoms with Gasteiger partial charge in [0.25, 0.3) is 0 Å². The predicted octanol–water partition coefficient (Wildman–Crippen LogP) is 2.68. The maximum absolute atomic E-state index is 13.0. The maximum atomic E-state index is 13.0. The van der Waals surface area contributed by atoms with E-state index in [1.165, 1.54) is 19.2 Å². The van der Waals surface area contributed by atoms with Gasteiger partial charge in [-0.25, -0.2) is 12.8 Å². The van der Waals surface area contributed by atoms with Crippen molar-refractivity contribution in [1.82, 2.24) is 9.21 Å². The molecule has 1 amide bonds. The van der Waals surface area contributed by atoms with Crippen LogP contribution in [0, 0.1) is 5.82 Å². The summed E-state index contributed by atoms with van der Waals surface area (Å²) in [5.74, 6) is -0.713. The van der Waals surface area contributed by atoms with E-state index in [-0.39, 0.29) is 23.4 Å². The molecule has 1 aliphatic heterocycles. The lowest BCUT2D eigenvalue weighted by Crippen LogP contribution is -2.43. The molecule has 0 radical (unpaired) electrons. The van der Waals surface area contributed by atoms with Gasteiger partial charge in [0.1, 0.15) is 5.82 Å². The molecule has 1 atom stereocenters. The van der Waals surface area contributed by atoms with Crippen molar-refractivity contribution in [3.63, 3.8) is 0 Å². The third kappa shape index (κ3) is 4.54. The van der Waals surface area contributed by atoms with E-state index < -0.39 is 15.8 Å². The average molecular weight is 390 g/mol. The number of carbonyl (C=O) groups is 1. The van der Waals surface area contributed by atoms with E-state index >= 15 is 0 Å². The quantitative estimate of drug-likeness (QED) is 0.762. The summed E-state index contributed by atoms with van der Waals surface area (Å²) in [5.41, 5.74) is 1.16. The summed E-state index contributed by atoms with van der Waals surface area (Å²) >= 11 is 0. The van der Waals surface area contributed by atoms with Crippen LogP contribution in [0.1, 0.15) is 18.4 Å². The van der Waals surface area contributed by atoms with E-state index in [2.05, 4.69) is 0 Å². The highest BCUT2D eigenvalue weighted by Crippen LogP contribution is 2.22. The van der Waals surface area contributed by atoms with Crippen LogP contribution in [0.3, 0.4) is 0 Å². The largest absolute Gasteiger partial charge is 0.338 e. The molecule has 0 aliphatic carbocycles. The summed E-state index contributed by atoms with van der Waals surface area (Å²) in [6.07, 6.45) is 2.59. The fourth-order valence-electron chi connectivity index (χ4n) is 3.42. The molecule has 5 nitrogen and oxygen atoms in total. The molecule has 1 aliphatic rings. The first kappa shape index (κ1) is 19.5. The second kappa shape index (κ2) is 8.19. The van der Waals surface area contributed by atoms with Crippen molar-refractivity contribution >= 4 is 15.9 Å². The number of hydrogen-bond acceptors (Lipinski definition) is 3. The lowest BCUT2D eigenvalue weighted by atomic mass is 10.0. The Morgan fingerprint density at radius 3 is 2.48 bits per heavy atom. The van der Waals surface area contributed by atoms with Crippen LogP contribution < -0.4 is 0 Å². The first-order valence-corrected chi connectivity index (χ1v) is 10.4. The van der Waals surface area contributed by atoms with Crippen LogP contribution in [0.15, 0.2) is 59.5 Å². The first-order valence-electron chi connectivity index (χ1n) is 8.93. The molecule has 1 saturated heterocycles. The normalized spacial score (nSPS) is 17.4. The van der Waals surface area contributed by atoms with Crippen molar-refractivity contribution in [2.75, 3.05) is 20.1 Å². The van der Waals surface area contributed by atoms with Gasteiger partial charge in [0.15, 0.2) is 0 Å². The van der Waals surface area contributed by atoms with Gasteiger partial charge in [0.05, 0.1) is 11.4 Å². The van der Waals surface area contributed by atoms with Crippen molar-refractivity contribution < 1.29 is 17.6 Å². The van der Waals surface area contributed by atoms with Crippen LogP contribution >= 0.6 is 0 Å². The molecule has 0 spiro atoms. The Bertz CT molecular complexity index is 885. The molecule has 0 aromatic heterocycles. The molecule has 27 heavy (non-hydrogen) atoms. The Morgan fingerprint density at radius 1 is 1.15 bits per heavy atom. The standard InChI is InChI=1S/C20H23FN2O3S/c1-22(27(25,26)19-11-9-17(21)10-12-19)15-20(24)23-13-5-8-18(23)14-16-6-3-2-4-7-16/h2-4,6-7,9-12,18H,5,8,13-15H2,1H3. The summed E-state index contributed by atoms with van der Waals surface area (Å²) in [7, 11) is -2.46. The van der Waals surface area contributed by atoms with Crippen molar-refractivity contribution in [2.24, 2.45) is 0 Å².